The van der Waals surface area contributed by atoms with Gasteiger partial charge in [0.05, 0.1) is 17.8 Å². The fourth-order valence-electron chi connectivity index (χ4n) is 3.93. The minimum Gasteiger partial charge on any atom is -0.339 e. The number of rotatable bonds is 6. The van der Waals surface area contributed by atoms with Crippen molar-refractivity contribution in [1.29, 1.82) is 0 Å². The Hall–Kier alpha value is -2.63. The molecular weight excluding hydrogens is 450 g/mol. The van der Waals surface area contributed by atoms with Crippen molar-refractivity contribution in [3.05, 3.63) is 41.9 Å². The third-order valence-electron chi connectivity index (χ3n) is 6.01. The Kier molecular flexibility index (Phi) is 5.78. The number of anilines is 1. The molecule has 0 bridgehead atoms. The molecule has 1 aliphatic heterocycles. The van der Waals surface area contributed by atoms with E-state index in [4.69, 9.17) is 4.52 Å². The lowest BCUT2D eigenvalue weighted by Gasteiger charge is -2.30. The summed E-state index contributed by atoms with van der Waals surface area (Å²) >= 11 is 1.13. The number of hydrogen-bond acceptors (Lipinski definition) is 8. The Balaban J connectivity index is 1.28. The van der Waals surface area contributed by atoms with E-state index in [0.29, 0.717) is 48.3 Å². The number of pyridine rings is 1. The standard InChI is InChI=1S/C21H23N5O4S2/c27-20(23-17-7-2-8-22-11-17)15-6-3-9-26(12-15)32(28,29)18-10-16(13-31-18)19-24-21(30-25-19)14-4-1-5-14/h2,7-8,10-11,13-15H,1,3-6,9,12H2,(H,23,27). The lowest BCUT2D eigenvalue weighted by Crippen LogP contribution is -2.43. The molecule has 1 unspecified atom stereocenters. The van der Waals surface area contributed by atoms with E-state index in [2.05, 4.69) is 20.4 Å². The Morgan fingerprint density at radius 3 is 2.88 bits per heavy atom. The van der Waals surface area contributed by atoms with Crippen LogP contribution >= 0.6 is 11.3 Å². The van der Waals surface area contributed by atoms with E-state index in [9.17, 15) is 13.2 Å². The number of aromatic nitrogens is 3. The molecule has 0 spiro atoms. The first kappa shape index (κ1) is 21.2. The molecule has 1 saturated heterocycles. The predicted molar refractivity (Wildman–Crippen MR) is 119 cm³/mol. The number of carbonyl (C=O) groups is 1. The molecule has 3 aromatic heterocycles. The third kappa shape index (κ3) is 4.19. The molecule has 2 aliphatic rings. The number of sulfonamides is 1. The topological polar surface area (TPSA) is 118 Å². The molecule has 1 aliphatic carbocycles. The van der Waals surface area contributed by atoms with E-state index in [1.54, 1.807) is 36.0 Å². The summed E-state index contributed by atoms with van der Waals surface area (Å²) in [7, 11) is -3.72. The SMILES string of the molecule is O=C(Nc1cccnc1)C1CCCN(S(=O)(=O)c2cc(-c3noc(C4CCC4)n3)cs2)C1. The molecule has 2 fully saturated rings. The largest absolute Gasteiger partial charge is 0.339 e. The van der Waals surface area contributed by atoms with Gasteiger partial charge < -0.3 is 9.84 Å². The van der Waals surface area contributed by atoms with Gasteiger partial charge in [-0.1, -0.05) is 11.6 Å². The normalized spacial score (nSPS) is 20.1. The molecule has 1 N–H and O–H groups in total. The summed E-state index contributed by atoms with van der Waals surface area (Å²) in [6.07, 6.45) is 7.73. The van der Waals surface area contributed by atoms with Crippen LogP contribution in [-0.2, 0) is 14.8 Å². The van der Waals surface area contributed by atoms with Crippen molar-refractivity contribution >= 4 is 33.0 Å². The molecule has 11 heteroatoms. The summed E-state index contributed by atoms with van der Waals surface area (Å²) in [5.74, 6) is 0.749. The maximum Gasteiger partial charge on any atom is 0.252 e. The molecule has 9 nitrogen and oxygen atoms in total. The van der Waals surface area contributed by atoms with Gasteiger partial charge in [-0.05, 0) is 43.9 Å². The zero-order valence-corrected chi connectivity index (χ0v) is 18.9. The van der Waals surface area contributed by atoms with Crippen LogP contribution in [0.4, 0.5) is 5.69 Å². The maximum atomic E-state index is 13.3. The van der Waals surface area contributed by atoms with Crippen molar-refractivity contribution in [1.82, 2.24) is 19.4 Å². The van der Waals surface area contributed by atoms with Crippen molar-refractivity contribution in [3.8, 4) is 11.4 Å². The average molecular weight is 474 g/mol. The fraction of sp³-hybridized carbons (Fsp3) is 0.429. The number of nitrogens with zero attached hydrogens (tertiary/aromatic N) is 4. The van der Waals surface area contributed by atoms with Gasteiger partial charge in [0, 0.05) is 36.1 Å². The van der Waals surface area contributed by atoms with Crippen molar-refractivity contribution in [2.45, 2.75) is 42.2 Å². The Morgan fingerprint density at radius 1 is 1.25 bits per heavy atom. The van der Waals surface area contributed by atoms with Crippen LogP contribution < -0.4 is 5.32 Å². The molecule has 168 valence electrons. The summed E-state index contributed by atoms with van der Waals surface area (Å²) in [6, 6.07) is 5.08. The van der Waals surface area contributed by atoms with Crippen LogP contribution in [0.25, 0.3) is 11.4 Å². The van der Waals surface area contributed by atoms with Crippen LogP contribution in [0.2, 0.25) is 0 Å². The van der Waals surface area contributed by atoms with Gasteiger partial charge in [0.15, 0.2) is 0 Å². The number of carbonyl (C=O) groups excluding carboxylic acids is 1. The lowest BCUT2D eigenvalue weighted by molar-refractivity contribution is -0.120. The number of thiophene rings is 1. The molecule has 5 rings (SSSR count). The monoisotopic (exact) mass is 473 g/mol. The predicted octanol–water partition coefficient (Wildman–Crippen LogP) is 3.50. The van der Waals surface area contributed by atoms with Crippen LogP contribution in [0.3, 0.4) is 0 Å². The molecular formula is C21H23N5O4S2. The highest BCUT2D eigenvalue weighted by Crippen LogP contribution is 2.37. The van der Waals surface area contributed by atoms with Crippen LogP contribution in [0.5, 0.6) is 0 Å². The summed E-state index contributed by atoms with van der Waals surface area (Å²) < 4.78 is 33.5. The molecule has 1 atom stereocenters. The van der Waals surface area contributed by atoms with E-state index >= 15 is 0 Å². The molecule has 0 aromatic carbocycles. The number of nitrogens with one attached hydrogen (secondary N) is 1. The average Bonchev–Trinajstić information content (AvgIpc) is 3.44. The van der Waals surface area contributed by atoms with E-state index < -0.39 is 15.9 Å². The molecule has 1 saturated carbocycles. The summed E-state index contributed by atoms with van der Waals surface area (Å²) in [5.41, 5.74) is 1.23. The van der Waals surface area contributed by atoms with Gasteiger partial charge in [-0.15, -0.1) is 11.3 Å². The highest BCUT2D eigenvalue weighted by atomic mass is 32.2. The first-order valence-corrected chi connectivity index (χ1v) is 13.0. The third-order valence-corrected chi connectivity index (χ3v) is 9.29. The molecule has 32 heavy (non-hydrogen) atoms. The van der Waals surface area contributed by atoms with Gasteiger partial charge in [-0.3, -0.25) is 9.78 Å². The molecule has 0 radical (unpaired) electrons. The Bertz CT molecular complexity index is 1200. The van der Waals surface area contributed by atoms with Crippen LogP contribution in [0, 0.1) is 5.92 Å². The Labute approximate surface area is 189 Å². The van der Waals surface area contributed by atoms with Gasteiger partial charge in [0.2, 0.25) is 17.6 Å². The summed E-state index contributed by atoms with van der Waals surface area (Å²) in [5, 5.41) is 8.58. The summed E-state index contributed by atoms with van der Waals surface area (Å²) in [4.78, 5) is 21.1. The van der Waals surface area contributed by atoms with E-state index in [1.807, 2.05) is 0 Å². The second-order valence-electron chi connectivity index (χ2n) is 8.17. The van der Waals surface area contributed by atoms with E-state index in [1.165, 1.54) is 10.7 Å². The lowest BCUT2D eigenvalue weighted by atomic mass is 9.85. The second-order valence-corrected chi connectivity index (χ2v) is 11.2. The molecule has 1 amide bonds. The molecule has 3 aromatic rings. The van der Waals surface area contributed by atoms with E-state index in [0.717, 1.165) is 24.2 Å². The van der Waals surface area contributed by atoms with Crippen LogP contribution in [0.1, 0.15) is 43.9 Å². The molecule has 4 heterocycles. The first-order chi connectivity index (χ1) is 15.5. The van der Waals surface area contributed by atoms with Crippen molar-refractivity contribution < 1.29 is 17.7 Å². The number of hydrogen-bond donors (Lipinski definition) is 1. The highest BCUT2D eigenvalue weighted by Gasteiger charge is 2.34. The van der Waals surface area contributed by atoms with Crippen molar-refractivity contribution in [2.75, 3.05) is 18.4 Å². The maximum absolute atomic E-state index is 13.3. The highest BCUT2D eigenvalue weighted by molar-refractivity contribution is 7.91. The summed E-state index contributed by atoms with van der Waals surface area (Å²) in [6.45, 7) is 0.538. The number of amides is 1. The zero-order chi connectivity index (χ0) is 22.1. The van der Waals surface area contributed by atoms with E-state index in [-0.39, 0.29) is 16.7 Å². The Morgan fingerprint density at radius 2 is 2.12 bits per heavy atom. The van der Waals surface area contributed by atoms with Crippen LogP contribution in [0.15, 0.2) is 44.7 Å². The van der Waals surface area contributed by atoms with Gasteiger partial charge >= 0.3 is 0 Å². The van der Waals surface area contributed by atoms with Crippen LogP contribution in [-0.4, -0.2) is 46.8 Å². The van der Waals surface area contributed by atoms with Gasteiger partial charge in [0.1, 0.15) is 4.21 Å². The van der Waals surface area contributed by atoms with Gasteiger partial charge in [-0.2, -0.15) is 9.29 Å². The minimum atomic E-state index is -3.72. The van der Waals surface area contributed by atoms with Crippen molar-refractivity contribution in [3.63, 3.8) is 0 Å². The van der Waals surface area contributed by atoms with Gasteiger partial charge in [0.25, 0.3) is 10.0 Å². The van der Waals surface area contributed by atoms with Gasteiger partial charge in [-0.25, -0.2) is 8.42 Å². The first-order valence-electron chi connectivity index (χ1n) is 10.6. The number of piperidine rings is 1. The zero-order valence-electron chi connectivity index (χ0n) is 17.3. The second kappa shape index (κ2) is 8.72. The smallest absolute Gasteiger partial charge is 0.252 e. The quantitative estimate of drug-likeness (QED) is 0.582. The fourth-order valence-corrected chi connectivity index (χ4v) is 6.76. The minimum absolute atomic E-state index is 0.149. The van der Waals surface area contributed by atoms with Crippen molar-refractivity contribution in [2.24, 2.45) is 5.92 Å².